The highest BCUT2D eigenvalue weighted by atomic mass is 15.2. The Hall–Kier alpha value is -3.02. The molecule has 0 N–H and O–H groups in total. The first-order valence-electron chi connectivity index (χ1n) is 8.43. The minimum absolute atomic E-state index is 0.503. The van der Waals surface area contributed by atoms with E-state index in [1.54, 1.807) is 12.5 Å². The number of nitrogens with zero attached hydrogens (tertiary/aromatic N) is 6. The normalized spacial score (nSPS) is 11.5. The van der Waals surface area contributed by atoms with Crippen molar-refractivity contribution < 1.29 is 0 Å². The SMILES string of the molecule is CC(C)CN(Cc1cccc2cncn12)c1ncnc2ncccc12. The molecule has 4 rings (SSSR count). The van der Waals surface area contributed by atoms with Crippen LogP contribution in [-0.2, 0) is 6.54 Å². The fourth-order valence-electron chi connectivity index (χ4n) is 3.13. The molecule has 0 fully saturated rings. The van der Waals surface area contributed by atoms with Gasteiger partial charge in [-0.15, -0.1) is 0 Å². The Bertz CT molecular complexity index is 1000. The molecule has 4 aromatic heterocycles. The van der Waals surface area contributed by atoms with E-state index < -0.39 is 0 Å². The van der Waals surface area contributed by atoms with E-state index >= 15 is 0 Å². The minimum Gasteiger partial charge on any atom is -0.350 e. The predicted octanol–water partition coefficient (Wildman–Crippen LogP) is 3.34. The quantitative estimate of drug-likeness (QED) is 0.561. The zero-order valence-corrected chi connectivity index (χ0v) is 14.4. The van der Waals surface area contributed by atoms with Gasteiger partial charge in [0.2, 0.25) is 0 Å². The zero-order chi connectivity index (χ0) is 17.2. The summed E-state index contributed by atoms with van der Waals surface area (Å²) in [4.78, 5) is 19.8. The van der Waals surface area contributed by atoms with Crippen LogP contribution in [0.2, 0.25) is 0 Å². The smallest absolute Gasteiger partial charge is 0.164 e. The average molecular weight is 332 g/mol. The van der Waals surface area contributed by atoms with Crippen LogP contribution in [0.15, 0.2) is 55.4 Å². The molecule has 0 amide bonds. The van der Waals surface area contributed by atoms with Gasteiger partial charge in [-0.05, 0) is 30.2 Å². The van der Waals surface area contributed by atoms with Gasteiger partial charge in [0.05, 0.1) is 30.0 Å². The predicted molar refractivity (Wildman–Crippen MR) is 98.4 cm³/mol. The lowest BCUT2D eigenvalue weighted by molar-refractivity contribution is 0.600. The van der Waals surface area contributed by atoms with Crippen molar-refractivity contribution in [3.05, 3.63) is 61.1 Å². The summed E-state index contributed by atoms with van der Waals surface area (Å²) >= 11 is 0. The van der Waals surface area contributed by atoms with Crippen molar-refractivity contribution in [1.82, 2.24) is 24.3 Å². The van der Waals surface area contributed by atoms with Crippen LogP contribution in [0.25, 0.3) is 16.6 Å². The Labute approximate surface area is 146 Å². The summed E-state index contributed by atoms with van der Waals surface area (Å²) < 4.78 is 2.12. The van der Waals surface area contributed by atoms with Crippen LogP contribution >= 0.6 is 0 Å². The Balaban J connectivity index is 1.79. The molecule has 0 aliphatic carbocycles. The van der Waals surface area contributed by atoms with Gasteiger partial charge in [-0.1, -0.05) is 19.9 Å². The fourth-order valence-corrected chi connectivity index (χ4v) is 3.13. The molecule has 6 nitrogen and oxygen atoms in total. The van der Waals surface area contributed by atoms with Crippen LogP contribution in [-0.4, -0.2) is 30.9 Å². The number of aromatic nitrogens is 5. The summed E-state index contributed by atoms with van der Waals surface area (Å²) in [7, 11) is 0. The number of imidazole rings is 1. The Morgan fingerprint density at radius 1 is 1.08 bits per heavy atom. The zero-order valence-electron chi connectivity index (χ0n) is 14.4. The maximum absolute atomic E-state index is 4.57. The van der Waals surface area contributed by atoms with E-state index in [9.17, 15) is 0 Å². The second kappa shape index (κ2) is 6.47. The average Bonchev–Trinajstić information content (AvgIpc) is 3.10. The largest absolute Gasteiger partial charge is 0.350 e. The van der Waals surface area contributed by atoms with Gasteiger partial charge < -0.3 is 9.30 Å². The van der Waals surface area contributed by atoms with Gasteiger partial charge in [0, 0.05) is 18.4 Å². The van der Waals surface area contributed by atoms with Crippen LogP contribution in [0, 0.1) is 5.92 Å². The number of hydrogen-bond acceptors (Lipinski definition) is 5. The molecule has 0 unspecified atom stereocenters. The summed E-state index contributed by atoms with van der Waals surface area (Å²) in [5, 5.41) is 0.975. The van der Waals surface area contributed by atoms with E-state index in [-0.39, 0.29) is 0 Å². The topological polar surface area (TPSA) is 59.2 Å². The van der Waals surface area contributed by atoms with Gasteiger partial charge in [0.15, 0.2) is 5.65 Å². The summed E-state index contributed by atoms with van der Waals surface area (Å²) in [5.74, 6) is 1.42. The van der Waals surface area contributed by atoms with Crippen molar-refractivity contribution in [2.75, 3.05) is 11.4 Å². The van der Waals surface area contributed by atoms with Crippen molar-refractivity contribution in [3.8, 4) is 0 Å². The van der Waals surface area contributed by atoms with Gasteiger partial charge in [-0.25, -0.2) is 19.9 Å². The third-order valence-electron chi connectivity index (χ3n) is 4.16. The van der Waals surface area contributed by atoms with Gasteiger partial charge in [0.1, 0.15) is 12.1 Å². The van der Waals surface area contributed by atoms with Crippen molar-refractivity contribution in [1.29, 1.82) is 0 Å². The third-order valence-corrected chi connectivity index (χ3v) is 4.16. The van der Waals surface area contributed by atoms with Crippen molar-refractivity contribution >= 4 is 22.4 Å². The lowest BCUT2D eigenvalue weighted by Gasteiger charge is -2.26. The number of pyridine rings is 2. The van der Waals surface area contributed by atoms with Crippen molar-refractivity contribution in [2.45, 2.75) is 20.4 Å². The Morgan fingerprint density at radius 3 is 2.88 bits per heavy atom. The van der Waals surface area contributed by atoms with E-state index in [2.05, 4.69) is 61.3 Å². The monoisotopic (exact) mass is 332 g/mol. The van der Waals surface area contributed by atoms with Gasteiger partial charge in [0.25, 0.3) is 0 Å². The molecule has 0 spiro atoms. The number of anilines is 1. The highest BCUT2D eigenvalue weighted by Crippen LogP contribution is 2.24. The molecule has 126 valence electrons. The molecule has 4 aromatic rings. The molecule has 25 heavy (non-hydrogen) atoms. The second-order valence-corrected chi connectivity index (χ2v) is 6.55. The standard InChI is InChI=1S/C19H20N6/c1-14(2)10-24(11-16-6-3-5-15-9-20-13-25(15)16)19-17-7-4-8-21-18(17)22-12-23-19/h3-9,12-14H,10-11H2,1-2H3. The lowest BCUT2D eigenvalue weighted by Crippen LogP contribution is -2.29. The van der Waals surface area contributed by atoms with Crippen LogP contribution in [0.5, 0.6) is 0 Å². The lowest BCUT2D eigenvalue weighted by atomic mass is 10.2. The second-order valence-electron chi connectivity index (χ2n) is 6.55. The number of fused-ring (bicyclic) bond motifs is 2. The molecular formula is C19H20N6. The van der Waals surface area contributed by atoms with Gasteiger partial charge in [-0.3, -0.25) is 0 Å². The number of hydrogen-bond donors (Lipinski definition) is 0. The molecule has 0 bridgehead atoms. The van der Waals surface area contributed by atoms with Crippen LogP contribution in [0.3, 0.4) is 0 Å². The molecular weight excluding hydrogens is 312 g/mol. The summed E-state index contributed by atoms with van der Waals surface area (Å²) in [6.07, 6.45) is 7.09. The van der Waals surface area contributed by atoms with Gasteiger partial charge >= 0.3 is 0 Å². The van der Waals surface area contributed by atoms with E-state index in [0.29, 0.717) is 5.92 Å². The van der Waals surface area contributed by atoms with E-state index in [4.69, 9.17) is 0 Å². The van der Waals surface area contributed by atoms with E-state index in [1.807, 2.05) is 24.7 Å². The highest BCUT2D eigenvalue weighted by Gasteiger charge is 2.16. The molecule has 0 aliphatic rings. The van der Waals surface area contributed by atoms with Crippen LogP contribution in [0.1, 0.15) is 19.5 Å². The Kier molecular flexibility index (Phi) is 4.01. The van der Waals surface area contributed by atoms with E-state index in [0.717, 1.165) is 35.5 Å². The molecule has 6 heteroatoms. The van der Waals surface area contributed by atoms with Crippen molar-refractivity contribution in [2.24, 2.45) is 5.92 Å². The molecule has 0 saturated carbocycles. The van der Waals surface area contributed by atoms with Crippen LogP contribution < -0.4 is 4.90 Å². The maximum Gasteiger partial charge on any atom is 0.164 e. The molecule has 0 aromatic carbocycles. The fraction of sp³-hybridized carbons (Fsp3) is 0.263. The van der Waals surface area contributed by atoms with Crippen LogP contribution in [0.4, 0.5) is 5.82 Å². The summed E-state index contributed by atoms with van der Waals surface area (Å²) in [5.41, 5.74) is 2.99. The highest BCUT2D eigenvalue weighted by molar-refractivity contribution is 5.86. The number of rotatable bonds is 5. The Morgan fingerprint density at radius 2 is 2.00 bits per heavy atom. The molecule has 0 saturated heterocycles. The first kappa shape index (κ1) is 15.5. The molecule has 0 atom stereocenters. The maximum atomic E-state index is 4.57. The van der Waals surface area contributed by atoms with Crippen molar-refractivity contribution in [3.63, 3.8) is 0 Å². The first-order valence-corrected chi connectivity index (χ1v) is 8.43. The third kappa shape index (κ3) is 3.03. The summed E-state index contributed by atoms with van der Waals surface area (Å²) in [6, 6.07) is 10.2. The molecule has 4 heterocycles. The summed E-state index contributed by atoms with van der Waals surface area (Å²) in [6.45, 7) is 6.07. The molecule has 0 aliphatic heterocycles. The first-order chi connectivity index (χ1) is 12.2. The molecule has 0 radical (unpaired) electrons. The van der Waals surface area contributed by atoms with Gasteiger partial charge in [-0.2, -0.15) is 0 Å². The van der Waals surface area contributed by atoms with E-state index in [1.165, 1.54) is 5.69 Å². The minimum atomic E-state index is 0.503.